The molecule has 7 nitrogen and oxygen atoms in total. The van der Waals surface area contributed by atoms with Crippen LogP contribution in [0.25, 0.3) is 0 Å². The van der Waals surface area contributed by atoms with Crippen LogP contribution in [-0.2, 0) is 10.0 Å². The van der Waals surface area contributed by atoms with Gasteiger partial charge in [0.25, 0.3) is 5.91 Å². The number of anilines is 1. The second-order valence-corrected chi connectivity index (χ2v) is 6.99. The molecule has 0 bridgehead atoms. The van der Waals surface area contributed by atoms with Crippen LogP contribution in [-0.4, -0.2) is 42.9 Å². The molecule has 1 amide bonds. The summed E-state index contributed by atoms with van der Waals surface area (Å²) in [6.45, 7) is 0. The first-order chi connectivity index (χ1) is 9.41. The Bertz CT molecular complexity index is 694. The van der Waals surface area contributed by atoms with E-state index in [1.807, 2.05) is 0 Å². The van der Waals surface area contributed by atoms with Crippen molar-refractivity contribution in [3.63, 3.8) is 0 Å². The minimum atomic E-state index is -3.49. The van der Waals surface area contributed by atoms with Crippen LogP contribution in [0.2, 0.25) is 0 Å². The molecule has 2 rings (SSSR count). The molecule has 0 spiro atoms. The van der Waals surface area contributed by atoms with Crippen LogP contribution in [0.1, 0.15) is 10.4 Å². The van der Waals surface area contributed by atoms with E-state index >= 15 is 0 Å². The van der Waals surface area contributed by atoms with Crippen LogP contribution in [0, 0.1) is 0 Å². The van der Waals surface area contributed by atoms with E-state index in [9.17, 15) is 13.2 Å². The molecule has 0 radical (unpaired) electrons. The van der Waals surface area contributed by atoms with Crippen molar-refractivity contribution in [2.24, 2.45) is 0 Å². The van der Waals surface area contributed by atoms with Gasteiger partial charge in [0.1, 0.15) is 5.51 Å². The Labute approximate surface area is 120 Å². The fourth-order valence-corrected chi connectivity index (χ4v) is 2.73. The second kappa shape index (κ2) is 5.65. The molecule has 106 valence electrons. The van der Waals surface area contributed by atoms with Crippen molar-refractivity contribution in [2.75, 3.05) is 19.4 Å². The average molecular weight is 312 g/mol. The van der Waals surface area contributed by atoms with Crippen molar-refractivity contribution in [1.29, 1.82) is 0 Å². The number of carbonyl (C=O) groups is 1. The fraction of sp³-hybridized carbons (Fsp3) is 0.182. The summed E-state index contributed by atoms with van der Waals surface area (Å²) in [7, 11) is -0.588. The molecule has 0 aliphatic carbocycles. The van der Waals surface area contributed by atoms with Gasteiger partial charge in [0.15, 0.2) is 0 Å². The van der Waals surface area contributed by atoms with E-state index in [-0.39, 0.29) is 10.8 Å². The summed E-state index contributed by atoms with van der Waals surface area (Å²) in [5.74, 6) is -0.365. The van der Waals surface area contributed by atoms with Gasteiger partial charge in [0.05, 0.1) is 4.90 Å². The summed E-state index contributed by atoms with van der Waals surface area (Å²) in [6.07, 6.45) is 0. The molecule has 0 fully saturated rings. The van der Waals surface area contributed by atoms with E-state index in [0.717, 1.165) is 4.31 Å². The molecule has 0 saturated heterocycles. The number of rotatable bonds is 4. The predicted molar refractivity (Wildman–Crippen MR) is 75.2 cm³/mol. The lowest BCUT2D eigenvalue weighted by atomic mass is 10.2. The molecule has 0 atom stereocenters. The van der Waals surface area contributed by atoms with Crippen LogP contribution < -0.4 is 5.32 Å². The molecule has 1 aromatic heterocycles. The molecule has 0 aliphatic heterocycles. The standard InChI is InChI=1S/C11H12N4O3S2/c1-15(2)20(17,18)9-5-3-8(4-6-9)10(16)13-11-14-12-7-19-11/h3-7H,1-2H3,(H,13,14,16). The molecule has 1 heterocycles. The predicted octanol–water partition coefficient (Wildman–Crippen LogP) is 1.04. The number of sulfonamides is 1. The average Bonchev–Trinajstić information content (AvgIpc) is 2.91. The lowest BCUT2D eigenvalue weighted by molar-refractivity contribution is 0.102. The minimum absolute atomic E-state index is 0.134. The fourth-order valence-electron chi connectivity index (χ4n) is 1.39. The Morgan fingerprint density at radius 2 is 1.90 bits per heavy atom. The highest BCUT2D eigenvalue weighted by atomic mass is 32.2. The number of carbonyl (C=O) groups excluding carboxylic acids is 1. The molecule has 1 N–H and O–H groups in total. The summed E-state index contributed by atoms with van der Waals surface area (Å²) in [4.78, 5) is 12.0. The van der Waals surface area contributed by atoms with E-state index in [4.69, 9.17) is 0 Å². The lowest BCUT2D eigenvalue weighted by Gasteiger charge is -2.11. The zero-order valence-corrected chi connectivity index (χ0v) is 12.4. The van der Waals surface area contributed by atoms with Gasteiger partial charge in [-0.25, -0.2) is 12.7 Å². The monoisotopic (exact) mass is 312 g/mol. The molecule has 1 aromatic carbocycles. The van der Waals surface area contributed by atoms with Crippen molar-refractivity contribution >= 4 is 32.4 Å². The zero-order chi connectivity index (χ0) is 14.8. The van der Waals surface area contributed by atoms with E-state index < -0.39 is 10.0 Å². The quantitative estimate of drug-likeness (QED) is 0.910. The first kappa shape index (κ1) is 14.6. The number of benzene rings is 1. The number of nitrogens with one attached hydrogen (secondary N) is 1. The highest BCUT2D eigenvalue weighted by molar-refractivity contribution is 7.89. The summed E-state index contributed by atoms with van der Waals surface area (Å²) in [5.41, 5.74) is 1.85. The summed E-state index contributed by atoms with van der Waals surface area (Å²) in [5, 5.41) is 10.3. The van der Waals surface area contributed by atoms with E-state index in [0.29, 0.717) is 10.7 Å². The van der Waals surface area contributed by atoms with Gasteiger partial charge in [0, 0.05) is 19.7 Å². The van der Waals surface area contributed by atoms with Gasteiger partial charge in [0.2, 0.25) is 15.2 Å². The molecular weight excluding hydrogens is 300 g/mol. The van der Waals surface area contributed by atoms with Crippen LogP contribution in [0.15, 0.2) is 34.7 Å². The van der Waals surface area contributed by atoms with Crippen LogP contribution in [0.3, 0.4) is 0 Å². The maximum atomic E-state index is 11.9. The number of hydrogen-bond acceptors (Lipinski definition) is 6. The SMILES string of the molecule is CN(C)S(=O)(=O)c1ccc(C(=O)Nc2nncs2)cc1. The Morgan fingerprint density at radius 1 is 1.25 bits per heavy atom. The molecule has 0 unspecified atom stereocenters. The summed E-state index contributed by atoms with van der Waals surface area (Å²) >= 11 is 1.20. The first-order valence-corrected chi connectivity index (χ1v) is 7.83. The maximum Gasteiger partial charge on any atom is 0.257 e. The number of aromatic nitrogens is 2. The third kappa shape index (κ3) is 3.00. The van der Waals surface area contributed by atoms with Crippen LogP contribution >= 0.6 is 11.3 Å². The van der Waals surface area contributed by atoms with E-state index in [1.165, 1.54) is 55.2 Å². The Morgan fingerprint density at radius 3 is 2.40 bits per heavy atom. The topological polar surface area (TPSA) is 92.3 Å². The van der Waals surface area contributed by atoms with Crippen LogP contribution in [0.4, 0.5) is 5.13 Å². The molecule has 20 heavy (non-hydrogen) atoms. The van der Waals surface area contributed by atoms with Gasteiger partial charge >= 0.3 is 0 Å². The van der Waals surface area contributed by atoms with Crippen LogP contribution in [0.5, 0.6) is 0 Å². The highest BCUT2D eigenvalue weighted by Gasteiger charge is 2.17. The third-order valence-corrected chi connectivity index (χ3v) is 4.91. The van der Waals surface area contributed by atoms with Gasteiger partial charge in [-0.15, -0.1) is 10.2 Å². The van der Waals surface area contributed by atoms with Crippen molar-refractivity contribution in [3.05, 3.63) is 35.3 Å². The smallest absolute Gasteiger partial charge is 0.257 e. The van der Waals surface area contributed by atoms with Gasteiger partial charge in [-0.3, -0.25) is 10.1 Å². The van der Waals surface area contributed by atoms with Gasteiger partial charge < -0.3 is 0 Å². The third-order valence-electron chi connectivity index (χ3n) is 2.48. The van der Waals surface area contributed by atoms with E-state index in [1.54, 1.807) is 0 Å². The summed E-state index contributed by atoms with van der Waals surface area (Å²) < 4.78 is 24.9. The number of amides is 1. The van der Waals surface area contributed by atoms with Crippen molar-refractivity contribution in [2.45, 2.75) is 4.90 Å². The molecule has 0 aliphatic rings. The summed E-state index contributed by atoms with van der Waals surface area (Å²) in [6, 6.07) is 5.69. The molecule has 2 aromatic rings. The van der Waals surface area contributed by atoms with Gasteiger partial charge in [-0.1, -0.05) is 11.3 Å². The maximum absolute atomic E-state index is 11.9. The lowest BCUT2D eigenvalue weighted by Crippen LogP contribution is -2.22. The van der Waals surface area contributed by atoms with Crippen molar-refractivity contribution < 1.29 is 13.2 Å². The number of nitrogens with zero attached hydrogens (tertiary/aromatic N) is 3. The first-order valence-electron chi connectivity index (χ1n) is 5.51. The number of hydrogen-bond donors (Lipinski definition) is 1. The Kier molecular flexibility index (Phi) is 4.12. The zero-order valence-electron chi connectivity index (χ0n) is 10.8. The largest absolute Gasteiger partial charge is 0.296 e. The Balaban J connectivity index is 2.18. The Hall–Kier alpha value is -1.84. The van der Waals surface area contributed by atoms with Crippen molar-refractivity contribution in [3.8, 4) is 0 Å². The second-order valence-electron chi connectivity index (χ2n) is 4.01. The van der Waals surface area contributed by atoms with Gasteiger partial charge in [-0.2, -0.15) is 0 Å². The van der Waals surface area contributed by atoms with E-state index in [2.05, 4.69) is 15.5 Å². The normalized spacial score (nSPS) is 11.6. The highest BCUT2D eigenvalue weighted by Crippen LogP contribution is 2.15. The molecular formula is C11H12N4O3S2. The molecule has 9 heteroatoms. The van der Waals surface area contributed by atoms with Crippen molar-refractivity contribution in [1.82, 2.24) is 14.5 Å². The van der Waals surface area contributed by atoms with Gasteiger partial charge in [-0.05, 0) is 24.3 Å². The molecule has 0 saturated carbocycles. The minimum Gasteiger partial charge on any atom is -0.296 e.